The second-order valence-corrected chi connectivity index (χ2v) is 5.81. The number of phenolic OH excluding ortho intramolecular Hbond substituents is 1. The monoisotopic (exact) mass is 414 g/mol. The topological polar surface area (TPSA) is 92.5 Å². The van der Waals surface area contributed by atoms with Crippen molar-refractivity contribution in [1.82, 2.24) is 0 Å². The first-order chi connectivity index (χ1) is 9.88. The molecule has 6 nitrogen and oxygen atoms in total. The number of halogens is 2. The number of hydrogen-bond acceptors (Lipinski definition) is 4. The summed E-state index contributed by atoms with van der Waals surface area (Å²) in [6.45, 7) is 0. The maximum atomic E-state index is 12.2. The van der Waals surface area contributed by atoms with Gasteiger partial charge in [0.1, 0.15) is 11.3 Å². The second kappa shape index (κ2) is 6.23. The molecule has 0 aliphatic heterocycles. The molecule has 0 spiro atoms. The molecule has 0 radical (unpaired) electrons. The molecule has 0 unspecified atom stereocenters. The van der Waals surface area contributed by atoms with E-state index in [2.05, 4.69) is 37.2 Å². The summed E-state index contributed by atoms with van der Waals surface area (Å²) in [5.74, 6) is -0.902. The quantitative estimate of drug-likeness (QED) is 0.583. The van der Waals surface area contributed by atoms with Crippen molar-refractivity contribution in [3.63, 3.8) is 0 Å². The molecule has 2 aromatic rings. The molecular formula is C13H8Br2N2O4. The number of carbonyl (C=O) groups excluding carboxylic acids is 1. The van der Waals surface area contributed by atoms with E-state index in [1.807, 2.05) is 0 Å². The fraction of sp³-hybridized carbons (Fsp3) is 0. The molecule has 0 aliphatic carbocycles. The van der Waals surface area contributed by atoms with Crippen molar-refractivity contribution >= 4 is 49.1 Å². The van der Waals surface area contributed by atoms with Crippen LogP contribution in [0.5, 0.6) is 5.75 Å². The number of nitrogens with one attached hydrogen (secondary N) is 1. The van der Waals surface area contributed by atoms with Gasteiger partial charge in [-0.1, -0.05) is 15.9 Å². The van der Waals surface area contributed by atoms with Gasteiger partial charge in [-0.3, -0.25) is 14.9 Å². The summed E-state index contributed by atoms with van der Waals surface area (Å²) < 4.78 is 1.43. The first-order valence-corrected chi connectivity index (χ1v) is 7.21. The van der Waals surface area contributed by atoms with E-state index >= 15 is 0 Å². The Balaban J connectivity index is 2.36. The lowest BCUT2D eigenvalue weighted by Crippen LogP contribution is -2.14. The van der Waals surface area contributed by atoms with Crippen molar-refractivity contribution in [1.29, 1.82) is 0 Å². The first-order valence-electron chi connectivity index (χ1n) is 5.62. The minimum atomic E-state index is -0.680. The van der Waals surface area contributed by atoms with Gasteiger partial charge in [-0.05, 0) is 46.3 Å². The molecule has 0 saturated carbocycles. The van der Waals surface area contributed by atoms with Crippen molar-refractivity contribution in [2.45, 2.75) is 0 Å². The molecule has 2 rings (SSSR count). The highest BCUT2D eigenvalue weighted by Crippen LogP contribution is 2.28. The minimum absolute atomic E-state index is 0.213. The van der Waals surface area contributed by atoms with Crippen LogP contribution in [0.1, 0.15) is 10.4 Å². The number of rotatable bonds is 3. The van der Waals surface area contributed by atoms with Gasteiger partial charge in [0, 0.05) is 15.0 Å². The molecular weight excluding hydrogens is 408 g/mol. The van der Waals surface area contributed by atoms with Crippen LogP contribution in [0.25, 0.3) is 0 Å². The Kier molecular flexibility index (Phi) is 4.59. The third-order valence-corrected chi connectivity index (χ3v) is 3.75. The zero-order valence-corrected chi connectivity index (χ0v) is 13.5. The van der Waals surface area contributed by atoms with E-state index in [0.717, 1.165) is 22.7 Å². The van der Waals surface area contributed by atoms with Crippen LogP contribution in [0.4, 0.5) is 11.4 Å². The average Bonchev–Trinajstić information content (AvgIpc) is 2.41. The summed E-state index contributed by atoms with van der Waals surface area (Å²) in [6, 6.07) is 8.38. The molecule has 108 valence electrons. The van der Waals surface area contributed by atoms with Crippen molar-refractivity contribution in [2.24, 2.45) is 0 Å². The SMILES string of the molecule is O=C(Nc1ccc(Br)cc1Br)c1cc(O)ccc1[N+](=O)[O-]. The summed E-state index contributed by atoms with van der Waals surface area (Å²) in [5, 5.41) is 22.9. The normalized spacial score (nSPS) is 10.2. The number of benzene rings is 2. The number of aromatic hydroxyl groups is 1. The van der Waals surface area contributed by atoms with Gasteiger partial charge < -0.3 is 10.4 Å². The van der Waals surface area contributed by atoms with Gasteiger partial charge in [0.05, 0.1) is 10.6 Å². The standard InChI is InChI=1S/C13H8Br2N2O4/c14-7-1-3-11(10(15)5-7)16-13(19)9-6-8(18)2-4-12(9)17(20)21/h1-6,18H,(H,16,19). The Morgan fingerprint density at radius 3 is 2.52 bits per heavy atom. The molecule has 0 bridgehead atoms. The van der Waals surface area contributed by atoms with Crippen LogP contribution in [-0.2, 0) is 0 Å². The van der Waals surface area contributed by atoms with Crippen molar-refractivity contribution < 1.29 is 14.8 Å². The van der Waals surface area contributed by atoms with Gasteiger partial charge >= 0.3 is 0 Å². The molecule has 21 heavy (non-hydrogen) atoms. The third-order valence-electron chi connectivity index (χ3n) is 2.60. The summed E-state index contributed by atoms with van der Waals surface area (Å²) in [6.07, 6.45) is 0. The van der Waals surface area contributed by atoms with Crippen LogP contribution in [0, 0.1) is 10.1 Å². The van der Waals surface area contributed by atoms with Gasteiger partial charge in [-0.2, -0.15) is 0 Å². The van der Waals surface area contributed by atoms with Crippen molar-refractivity contribution in [3.8, 4) is 5.75 Å². The van der Waals surface area contributed by atoms with Crippen molar-refractivity contribution in [2.75, 3.05) is 5.32 Å². The zero-order valence-electron chi connectivity index (χ0n) is 10.3. The maximum absolute atomic E-state index is 12.2. The summed E-state index contributed by atoms with van der Waals surface area (Å²) >= 11 is 6.56. The second-order valence-electron chi connectivity index (χ2n) is 4.04. The first kappa shape index (κ1) is 15.5. The van der Waals surface area contributed by atoms with E-state index in [1.54, 1.807) is 18.2 Å². The van der Waals surface area contributed by atoms with E-state index in [-0.39, 0.29) is 17.0 Å². The highest BCUT2D eigenvalue weighted by molar-refractivity contribution is 9.11. The van der Waals surface area contributed by atoms with Gasteiger partial charge in [-0.25, -0.2) is 0 Å². The number of nitro groups is 1. The van der Waals surface area contributed by atoms with Gasteiger partial charge in [0.15, 0.2) is 0 Å². The lowest BCUT2D eigenvalue weighted by Gasteiger charge is -2.08. The van der Waals surface area contributed by atoms with Crippen LogP contribution in [0.3, 0.4) is 0 Å². The molecule has 0 heterocycles. The highest BCUT2D eigenvalue weighted by atomic mass is 79.9. The molecule has 2 aromatic carbocycles. The zero-order chi connectivity index (χ0) is 15.6. The molecule has 8 heteroatoms. The third kappa shape index (κ3) is 3.59. The Labute approximate surface area is 136 Å². The summed E-state index contributed by atoms with van der Waals surface area (Å²) in [4.78, 5) is 22.4. The Bertz CT molecular complexity index is 734. The number of phenols is 1. The molecule has 0 fully saturated rings. The van der Waals surface area contributed by atoms with Crippen LogP contribution in [-0.4, -0.2) is 15.9 Å². The average molecular weight is 416 g/mol. The molecule has 1 amide bonds. The molecule has 2 N–H and O–H groups in total. The predicted molar refractivity (Wildman–Crippen MR) is 84.6 cm³/mol. The fourth-order valence-corrected chi connectivity index (χ4v) is 2.79. The van der Waals surface area contributed by atoms with Gasteiger partial charge in [-0.15, -0.1) is 0 Å². The van der Waals surface area contributed by atoms with Crippen LogP contribution < -0.4 is 5.32 Å². The highest BCUT2D eigenvalue weighted by Gasteiger charge is 2.21. The van der Waals surface area contributed by atoms with Crippen LogP contribution in [0.2, 0.25) is 0 Å². The molecule has 0 aromatic heterocycles. The van der Waals surface area contributed by atoms with E-state index in [4.69, 9.17) is 0 Å². The minimum Gasteiger partial charge on any atom is -0.508 e. The number of nitro benzene ring substituents is 1. The van der Waals surface area contributed by atoms with Gasteiger partial charge in [0.2, 0.25) is 0 Å². The molecule has 0 aliphatic rings. The number of amides is 1. The number of carbonyl (C=O) groups is 1. The number of hydrogen-bond donors (Lipinski definition) is 2. The smallest absolute Gasteiger partial charge is 0.282 e. The van der Waals surface area contributed by atoms with Gasteiger partial charge in [0.25, 0.3) is 11.6 Å². The lowest BCUT2D eigenvalue weighted by molar-refractivity contribution is -0.385. The van der Waals surface area contributed by atoms with Crippen LogP contribution >= 0.6 is 31.9 Å². The molecule has 0 atom stereocenters. The maximum Gasteiger partial charge on any atom is 0.282 e. The number of nitrogens with zero attached hydrogens (tertiary/aromatic N) is 1. The summed E-state index contributed by atoms with van der Waals surface area (Å²) in [7, 11) is 0. The fourth-order valence-electron chi connectivity index (χ4n) is 1.65. The Morgan fingerprint density at radius 2 is 1.90 bits per heavy atom. The van der Waals surface area contributed by atoms with E-state index in [0.29, 0.717) is 10.2 Å². The Hall–Kier alpha value is -1.93. The van der Waals surface area contributed by atoms with E-state index in [9.17, 15) is 20.0 Å². The largest absolute Gasteiger partial charge is 0.508 e. The van der Waals surface area contributed by atoms with E-state index < -0.39 is 10.8 Å². The number of anilines is 1. The molecule has 0 saturated heterocycles. The Morgan fingerprint density at radius 1 is 1.19 bits per heavy atom. The van der Waals surface area contributed by atoms with Crippen molar-refractivity contribution in [3.05, 3.63) is 61.0 Å². The summed E-state index contributed by atoms with van der Waals surface area (Å²) in [5.41, 5.74) is -0.130. The predicted octanol–water partition coefficient (Wildman–Crippen LogP) is 4.08. The lowest BCUT2D eigenvalue weighted by atomic mass is 10.1. The van der Waals surface area contributed by atoms with E-state index in [1.165, 1.54) is 0 Å². The van der Waals surface area contributed by atoms with Crippen LogP contribution in [0.15, 0.2) is 45.3 Å².